The predicted octanol–water partition coefficient (Wildman–Crippen LogP) is 3.00. The van der Waals surface area contributed by atoms with E-state index in [1.807, 2.05) is 79.3 Å². The highest BCUT2D eigenvalue weighted by Crippen LogP contribution is 2.15. The Hall–Kier alpha value is -1.88. The van der Waals surface area contributed by atoms with Crippen LogP contribution in [0.15, 0.2) is 53.3 Å². The molecule has 0 bridgehead atoms. The molecule has 4 nitrogen and oxygen atoms in total. The summed E-state index contributed by atoms with van der Waals surface area (Å²) in [5, 5.41) is 2.91. The van der Waals surface area contributed by atoms with E-state index < -0.39 is 0 Å². The van der Waals surface area contributed by atoms with E-state index in [0.29, 0.717) is 0 Å². The molecule has 0 fully saturated rings. The van der Waals surface area contributed by atoms with Gasteiger partial charge in [0.15, 0.2) is 12.4 Å². The molecule has 21 heavy (non-hydrogen) atoms. The smallest absolute Gasteiger partial charge is 0.293 e. The number of aromatic nitrogens is 1. The number of anilines is 2. The number of pyridine rings is 1. The maximum absolute atomic E-state index is 12.3. The first-order chi connectivity index (χ1) is 9.97. The second-order valence-corrected chi connectivity index (χ2v) is 5.99. The predicted molar refractivity (Wildman–Crippen MR) is 88.4 cm³/mol. The number of benzene rings is 1. The molecule has 1 aromatic heterocycles. The number of rotatable bonds is 4. The number of hydrogen-bond acceptors (Lipinski definition) is 2. The van der Waals surface area contributed by atoms with Gasteiger partial charge in [-0.3, -0.25) is 4.79 Å². The molecule has 0 aliphatic carbocycles. The highest BCUT2D eigenvalue weighted by atomic mass is 79.9. The van der Waals surface area contributed by atoms with Gasteiger partial charge in [0.25, 0.3) is 5.91 Å². The summed E-state index contributed by atoms with van der Waals surface area (Å²) in [6, 6.07) is 11.2. The number of nitrogens with zero attached hydrogens (tertiary/aromatic N) is 2. The molecule has 0 saturated carbocycles. The van der Waals surface area contributed by atoms with Crippen LogP contribution in [0.25, 0.3) is 0 Å². The van der Waals surface area contributed by atoms with Gasteiger partial charge in [-0.25, -0.2) is 0 Å². The fraction of sp³-hybridized carbons (Fsp3) is 0.250. The van der Waals surface area contributed by atoms with E-state index >= 15 is 0 Å². The third kappa shape index (κ3) is 4.04. The molecule has 2 aromatic rings. The van der Waals surface area contributed by atoms with Gasteiger partial charge in [0.2, 0.25) is 6.04 Å². The highest BCUT2D eigenvalue weighted by Gasteiger charge is 2.21. The third-order valence-electron chi connectivity index (χ3n) is 3.29. The van der Waals surface area contributed by atoms with Crippen molar-refractivity contribution in [1.29, 1.82) is 0 Å². The maximum Gasteiger partial charge on any atom is 0.293 e. The molecule has 2 rings (SSSR count). The monoisotopic (exact) mass is 348 g/mol. The van der Waals surface area contributed by atoms with Gasteiger partial charge in [-0.15, -0.1) is 0 Å². The van der Waals surface area contributed by atoms with Gasteiger partial charge >= 0.3 is 0 Å². The van der Waals surface area contributed by atoms with Gasteiger partial charge in [-0.2, -0.15) is 4.57 Å². The number of halogens is 1. The van der Waals surface area contributed by atoms with Crippen LogP contribution >= 0.6 is 15.9 Å². The van der Waals surface area contributed by atoms with E-state index in [1.165, 1.54) is 0 Å². The van der Waals surface area contributed by atoms with Crippen molar-refractivity contribution in [3.63, 3.8) is 0 Å². The van der Waals surface area contributed by atoms with E-state index in [-0.39, 0.29) is 11.9 Å². The summed E-state index contributed by atoms with van der Waals surface area (Å²) >= 11 is 3.37. The minimum Gasteiger partial charge on any atom is -0.377 e. The largest absolute Gasteiger partial charge is 0.377 e. The standard InChI is InChI=1S/C16H18BrN3O/c1-12(20-10-8-15(9-11-20)19(2)3)16(21)18-14-6-4-13(17)5-7-14/h4-12H,1-3H3/p+1/t12-/m1/s1. The van der Waals surface area contributed by atoms with Crippen LogP contribution in [0.3, 0.4) is 0 Å². The lowest BCUT2D eigenvalue weighted by molar-refractivity contribution is -0.705. The molecular weight excluding hydrogens is 330 g/mol. The van der Waals surface area contributed by atoms with E-state index in [2.05, 4.69) is 21.2 Å². The van der Waals surface area contributed by atoms with Crippen LogP contribution in [-0.2, 0) is 4.79 Å². The van der Waals surface area contributed by atoms with Crippen LogP contribution in [0.2, 0.25) is 0 Å². The SMILES string of the molecule is C[C@H](C(=O)Nc1ccc(Br)cc1)[n+]1ccc(N(C)C)cc1. The summed E-state index contributed by atoms with van der Waals surface area (Å²) in [4.78, 5) is 14.3. The highest BCUT2D eigenvalue weighted by molar-refractivity contribution is 9.10. The third-order valence-corrected chi connectivity index (χ3v) is 3.82. The molecule has 1 N–H and O–H groups in total. The Bertz CT molecular complexity index is 608. The molecule has 0 aliphatic heterocycles. The molecule has 1 amide bonds. The van der Waals surface area contributed by atoms with Crippen LogP contribution < -0.4 is 14.8 Å². The molecule has 0 spiro atoms. The number of carbonyl (C=O) groups is 1. The molecule has 0 aliphatic rings. The quantitative estimate of drug-likeness (QED) is 0.862. The van der Waals surface area contributed by atoms with Gasteiger partial charge < -0.3 is 10.2 Å². The lowest BCUT2D eigenvalue weighted by Crippen LogP contribution is -2.44. The van der Waals surface area contributed by atoms with E-state index in [0.717, 1.165) is 15.8 Å². The molecule has 5 heteroatoms. The Morgan fingerprint density at radius 1 is 1.14 bits per heavy atom. The normalized spacial score (nSPS) is 11.8. The second-order valence-electron chi connectivity index (χ2n) is 5.07. The first kappa shape index (κ1) is 15.5. The molecule has 0 unspecified atom stereocenters. The first-order valence-electron chi connectivity index (χ1n) is 6.72. The molecule has 1 atom stereocenters. The number of hydrogen-bond donors (Lipinski definition) is 1. The summed E-state index contributed by atoms with van der Waals surface area (Å²) < 4.78 is 2.88. The van der Waals surface area contributed by atoms with E-state index in [1.54, 1.807) is 0 Å². The van der Waals surface area contributed by atoms with Gasteiger partial charge in [0.05, 0.1) is 0 Å². The van der Waals surface area contributed by atoms with E-state index in [9.17, 15) is 4.79 Å². The first-order valence-corrected chi connectivity index (χ1v) is 7.51. The average Bonchev–Trinajstić information content (AvgIpc) is 2.49. The fourth-order valence-electron chi connectivity index (χ4n) is 1.90. The zero-order valence-corrected chi connectivity index (χ0v) is 14.0. The summed E-state index contributed by atoms with van der Waals surface area (Å²) in [6.07, 6.45) is 3.84. The van der Waals surface area contributed by atoms with Crippen molar-refractivity contribution in [3.8, 4) is 0 Å². The van der Waals surface area contributed by atoms with Crippen LogP contribution in [-0.4, -0.2) is 20.0 Å². The average molecular weight is 349 g/mol. The van der Waals surface area contributed by atoms with Gasteiger partial charge in [0, 0.05) is 49.0 Å². The maximum atomic E-state index is 12.3. The molecule has 1 heterocycles. The lowest BCUT2D eigenvalue weighted by Gasteiger charge is -2.12. The Labute approximate surface area is 133 Å². The molecular formula is C16H19BrN3O+. The van der Waals surface area contributed by atoms with Crippen molar-refractivity contribution in [3.05, 3.63) is 53.3 Å². The van der Waals surface area contributed by atoms with E-state index in [4.69, 9.17) is 0 Å². The molecule has 1 aromatic carbocycles. The Kier molecular flexibility index (Phi) is 4.96. The van der Waals surface area contributed by atoms with Gasteiger partial charge in [-0.05, 0) is 24.3 Å². The summed E-state index contributed by atoms with van der Waals surface area (Å²) in [6.45, 7) is 1.88. The van der Waals surface area contributed by atoms with Crippen molar-refractivity contribution in [2.24, 2.45) is 0 Å². The van der Waals surface area contributed by atoms with Gasteiger partial charge in [0.1, 0.15) is 0 Å². The number of carbonyl (C=O) groups excluding carboxylic acids is 1. The zero-order valence-electron chi connectivity index (χ0n) is 12.4. The van der Waals surface area contributed by atoms with Crippen molar-refractivity contribution in [2.45, 2.75) is 13.0 Å². The number of nitrogens with one attached hydrogen (secondary N) is 1. The summed E-state index contributed by atoms with van der Waals surface area (Å²) in [7, 11) is 3.98. The summed E-state index contributed by atoms with van der Waals surface area (Å²) in [5.74, 6) is -0.0417. The van der Waals surface area contributed by atoms with Crippen LogP contribution in [0, 0.1) is 0 Å². The Morgan fingerprint density at radius 2 is 1.71 bits per heavy atom. The Balaban J connectivity index is 2.06. The Morgan fingerprint density at radius 3 is 2.24 bits per heavy atom. The zero-order chi connectivity index (χ0) is 15.4. The minimum atomic E-state index is -0.273. The topological polar surface area (TPSA) is 36.2 Å². The van der Waals surface area contributed by atoms with Crippen LogP contribution in [0.1, 0.15) is 13.0 Å². The summed E-state index contributed by atoms with van der Waals surface area (Å²) in [5.41, 5.74) is 1.90. The lowest BCUT2D eigenvalue weighted by atomic mass is 10.2. The molecule has 0 radical (unpaired) electrons. The van der Waals surface area contributed by atoms with Crippen LogP contribution in [0.4, 0.5) is 11.4 Å². The second kappa shape index (κ2) is 6.72. The van der Waals surface area contributed by atoms with Gasteiger partial charge in [-0.1, -0.05) is 15.9 Å². The minimum absolute atomic E-state index is 0.0417. The fourth-order valence-corrected chi connectivity index (χ4v) is 2.17. The van der Waals surface area contributed by atoms with Crippen molar-refractivity contribution in [1.82, 2.24) is 0 Å². The van der Waals surface area contributed by atoms with Crippen molar-refractivity contribution >= 4 is 33.2 Å². The number of amides is 1. The van der Waals surface area contributed by atoms with Crippen molar-refractivity contribution < 1.29 is 9.36 Å². The molecule has 0 saturated heterocycles. The van der Waals surface area contributed by atoms with Crippen molar-refractivity contribution in [2.75, 3.05) is 24.3 Å². The molecule has 110 valence electrons. The van der Waals surface area contributed by atoms with Crippen LogP contribution in [0.5, 0.6) is 0 Å².